The second kappa shape index (κ2) is 7.01. The minimum absolute atomic E-state index is 0.0833. The van der Waals surface area contributed by atoms with Gasteiger partial charge in [-0.1, -0.05) is 34.1 Å². The van der Waals surface area contributed by atoms with Crippen molar-refractivity contribution in [3.05, 3.63) is 58.7 Å². The van der Waals surface area contributed by atoms with Crippen LogP contribution in [0.3, 0.4) is 0 Å². The van der Waals surface area contributed by atoms with E-state index in [1.807, 2.05) is 38.1 Å². The Kier molecular flexibility index (Phi) is 4.96. The zero-order valence-corrected chi connectivity index (χ0v) is 16.2. The van der Waals surface area contributed by atoms with E-state index in [9.17, 15) is 8.42 Å². The van der Waals surface area contributed by atoms with Crippen LogP contribution in [-0.4, -0.2) is 20.0 Å². The fraction of sp³-hybridized carbons (Fsp3) is 0.167. The van der Waals surface area contributed by atoms with Gasteiger partial charge in [-0.15, -0.1) is 0 Å². The fourth-order valence-corrected chi connectivity index (χ4v) is 4.13. The highest BCUT2D eigenvalue weighted by Gasteiger charge is 2.21. The normalized spacial score (nSPS) is 11.5. The summed E-state index contributed by atoms with van der Waals surface area (Å²) in [5.74, 6) is 0.324. The SMILES string of the molecule is CCOc1cc(C)c(Br)cc1S(=O)(=O)Nc1cnc2ccccc2c1. The van der Waals surface area contributed by atoms with Gasteiger partial charge in [0.1, 0.15) is 10.6 Å². The minimum atomic E-state index is -3.82. The molecule has 1 heterocycles. The molecule has 7 heteroatoms. The molecule has 0 aliphatic rings. The topological polar surface area (TPSA) is 68.3 Å². The quantitative estimate of drug-likeness (QED) is 0.659. The van der Waals surface area contributed by atoms with E-state index in [4.69, 9.17) is 4.74 Å². The second-order valence-electron chi connectivity index (χ2n) is 5.50. The van der Waals surface area contributed by atoms with E-state index in [0.717, 1.165) is 16.5 Å². The van der Waals surface area contributed by atoms with Gasteiger partial charge in [0, 0.05) is 9.86 Å². The number of benzene rings is 2. The molecule has 0 saturated heterocycles. The van der Waals surface area contributed by atoms with Gasteiger partial charge < -0.3 is 4.74 Å². The van der Waals surface area contributed by atoms with Crippen LogP contribution in [0, 0.1) is 6.92 Å². The number of anilines is 1. The Morgan fingerprint density at radius 1 is 1.20 bits per heavy atom. The molecule has 0 amide bonds. The number of halogens is 1. The number of aromatic nitrogens is 1. The van der Waals surface area contributed by atoms with Crippen LogP contribution in [0.25, 0.3) is 10.9 Å². The number of fused-ring (bicyclic) bond motifs is 1. The molecule has 0 atom stereocenters. The van der Waals surface area contributed by atoms with Crippen LogP contribution in [0.4, 0.5) is 5.69 Å². The van der Waals surface area contributed by atoms with E-state index in [0.29, 0.717) is 22.5 Å². The number of hydrogen-bond donors (Lipinski definition) is 1. The molecule has 0 radical (unpaired) electrons. The molecule has 3 aromatic rings. The molecule has 0 fully saturated rings. The van der Waals surface area contributed by atoms with Gasteiger partial charge in [-0.3, -0.25) is 9.71 Å². The summed E-state index contributed by atoms with van der Waals surface area (Å²) in [5.41, 5.74) is 2.10. The first-order valence-electron chi connectivity index (χ1n) is 7.71. The number of sulfonamides is 1. The number of pyridine rings is 1. The number of para-hydroxylation sites is 1. The minimum Gasteiger partial charge on any atom is -0.492 e. The highest BCUT2D eigenvalue weighted by molar-refractivity contribution is 9.10. The Hall–Kier alpha value is -2.12. The third kappa shape index (κ3) is 3.77. The number of nitrogens with zero attached hydrogens (tertiary/aromatic N) is 1. The van der Waals surface area contributed by atoms with Crippen LogP contribution >= 0.6 is 15.9 Å². The van der Waals surface area contributed by atoms with Gasteiger partial charge in [-0.25, -0.2) is 8.42 Å². The maximum Gasteiger partial charge on any atom is 0.265 e. The van der Waals surface area contributed by atoms with Crippen LogP contribution in [0.15, 0.2) is 58.0 Å². The summed E-state index contributed by atoms with van der Waals surface area (Å²) in [6, 6.07) is 12.5. The molecule has 1 aromatic heterocycles. The second-order valence-corrected chi connectivity index (χ2v) is 8.01. The molecule has 0 saturated carbocycles. The van der Waals surface area contributed by atoms with E-state index in [-0.39, 0.29) is 4.90 Å². The van der Waals surface area contributed by atoms with E-state index < -0.39 is 10.0 Å². The summed E-state index contributed by atoms with van der Waals surface area (Å²) in [7, 11) is -3.82. The van der Waals surface area contributed by atoms with Gasteiger partial charge in [-0.05, 0) is 43.7 Å². The van der Waals surface area contributed by atoms with Crippen molar-refractivity contribution in [2.75, 3.05) is 11.3 Å². The first-order valence-corrected chi connectivity index (χ1v) is 9.99. The predicted molar refractivity (Wildman–Crippen MR) is 103 cm³/mol. The lowest BCUT2D eigenvalue weighted by atomic mass is 10.2. The molecule has 130 valence electrons. The van der Waals surface area contributed by atoms with Crippen LogP contribution in [-0.2, 0) is 10.0 Å². The highest BCUT2D eigenvalue weighted by atomic mass is 79.9. The molecule has 3 rings (SSSR count). The molecule has 0 aliphatic heterocycles. The van der Waals surface area contributed by atoms with Gasteiger partial charge in [0.25, 0.3) is 10.0 Å². The molecule has 0 bridgehead atoms. The number of ether oxygens (including phenoxy) is 1. The van der Waals surface area contributed by atoms with E-state index in [2.05, 4.69) is 25.6 Å². The fourth-order valence-electron chi connectivity index (χ4n) is 2.45. The summed E-state index contributed by atoms with van der Waals surface area (Å²) >= 11 is 3.38. The zero-order chi connectivity index (χ0) is 18.0. The summed E-state index contributed by atoms with van der Waals surface area (Å²) in [5, 5.41) is 0.859. The van der Waals surface area contributed by atoms with E-state index in [1.165, 1.54) is 6.20 Å². The maximum absolute atomic E-state index is 12.9. The van der Waals surface area contributed by atoms with Crippen molar-refractivity contribution in [2.45, 2.75) is 18.7 Å². The van der Waals surface area contributed by atoms with E-state index >= 15 is 0 Å². The number of rotatable bonds is 5. The Bertz CT molecular complexity index is 1040. The first kappa shape index (κ1) is 17.7. The summed E-state index contributed by atoms with van der Waals surface area (Å²) in [4.78, 5) is 4.37. The molecule has 25 heavy (non-hydrogen) atoms. The average Bonchev–Trinajstić information content (AvgIpc) is 2.57. The number of hydrogen-bond acceptors (Lipinski definition) is 4. The molecule has 1 N–H and O–H groups in total. The number of nitrogens with one attached hydrogen (secondary N) is 1. The Balaban J connectivity index is 2.02. The third-order valence-electron chi connectivity index (χ3n) is 3.66. The molecular weight excluding hydrogens is 404 g/mol. The Labute approximate surface area is 155 Å². The van der Waals surface area contributed by atoms with Crippen molar-refractivity contribution in [1.29, 1.82) is 0 Å². The lowest BCUT2D eigenvalue weighted by molar-refractivity contribution is 0.331. The maximum atomic E-state index is 12.9. The third-order valence-corrected chi connectivity index (χ3v) is 5.91. The largest absolute Gasteiger partial charge is 0.492 e. The Morgan fingerprint density at radius 2 is 1.96 bits per heavy atom. The standard InChI is InChI=1S/C18H17BrN2O3S/c1-3-24-17-8-12(2)15(19)10-18(17)25(22,23)21-14-9-13-6-4-5-7-16(13)20-11-14/h4-11,21H,3H2,1-2H3. The smallest absolute Gasteiger partial charge is 0.265 e. The lowest BCUT2D eigenvalue weighted by Gasteiger charge is -2.14. The van der Waals surface area contributed by atoms with Gasteiger partial charge in [0.05, 0.1) is 24.0 Å². The molecule has 0 spiro atoms. The first-order chi connectivity index (χ1) is 11.9. The van der Waals surface area contributed by atoms with Crippen molar-refractivity contribution in [2.24, 2.45) is 0 Å². The van der Waals surface area contributed by atoms with Crippen molar-refractivity contribution >= 4 is 42.5 Å². The van der Waals surface area contributed by atoms with Gasteiger partial charge >= 0.3 is 0 Å². The van der Waals surface area contributed by atoms with Crippen molar-refractivity contribution in [3.63, 3.8) is 0 Å². The van der Waals surface area contributed by atoms with Crippen LogP contribution in [0.5, 0.6) is 5.75 Å². The van der Waals surface area contributed by atoms with Crippen LogP contribution < -0.4 is 9.46 Å². The van der Waals surface area contributed by atoms with Gasteiger partial charge in [0.2, 0.25) is 0 Å². The molecule has 5 nitrogen and oxygen atoms in total. The van der Waals surface area contributed by atoms with Crippen LogP contribution in [0.1, 0.15) is 12.5 Å². The van der Waals surface area contributed by atoms with Gasteiger partial charge in [0.15, 0.2) is 0 Å². The molecule has 0 unspecified atom stereocenters. The molecular formula is C18H17BrN2O3S. The van der Waals surface area contributed by atoms with Crippen molar-refractivity contribution in [1.82, 2.24) is 4.98 Å². The van der Waals surface area contributed by atoms with Crippen molar-refractivity contribution in [3.8, 4) is 5.75 Å². The zero-order valence-electron chi connectivity index (χ0n) is 13.8. The number of aryl methyl sites for hydroxylation is 1. The van der Waals surface area contributed by atoms with Crippen LogP contribution in [0.2, 0.25) is 0 Å². The average molecular weight is 421 g/mol. The highest BCUT2D eigenvalue weighted by Crippen LogP contribution is 2.32. The summed E-state index contributed by atoms with van der Waals surface area (Å²) in [6.45, 7) is 4.07. The lowest BCUT2D eigenvalue weighted by Crippen LogP contribution is -2.15. The molecule has 0 aliphatic carbocycles. The predicted octanol–water partition coefficient (Wildman–Crippen LogP) is 4.51. The van der Waals surface area contributed by atoms with Crippen molar-refractivity contribution < 1.29 is 13.2 Å². The Morgan fingerprint density at radius 3 is 2.72 bits per heavy atom. The summed E-state index contributed by atoms with van der Waals surface area (Å²) in [6.07, 6.45) is 1.50. The van der Waals surface area contributed by atoms with Gasteiger partial charge in [-0.2, -0.15) is 0 Å². The summed E-state index contributed by atoms with van der Waals surface area (Å²) < 4.78 is 34.5. The van der Waals surface area contributed by atoms with E-state index in [1.54, 1.807) is 18.2 Å². The molecule has 2 aromatic carbocycles. The monoisotopic (exact) mass is 420 g/mol.